The van der Waals surface area contributed by atoms with Crippen LogP contribution >= 0.6 is 0 Å². The van der Waals surface area contributed by atoms with Crippen molar-refractivity contribution >= 4 is 0 Å². The minimum atomic E-state index is 0.589. The molecule has 2 aliphatic carbocycles. The summed E-state index contributed by atoms with van der Waals surface area (Å²) in [4.78, 5) is 0. The molecule has 0 unspecified atom stereocenters. The molecule has 0 saturated heterocycles. The Morgan fingerprint density at radius 3 is 1.53 bits per heavy atom. The zero-order valence-corrected chi connectivity index (χ0v) is 21.0. The van der Waals surface area contributed by atoms with Gasteiger partial charge in [-0.3, -0.25) is 0 Å². The second-order valence-corrected chi connectivity index (χ2v) is 10.9. The molecule has 0 radical (unpaired) electrons. The van der Waals surface area contributed by atoms with Gasteiger partial charge in [0, 0.05) is 6.61 Å². The lowest BCUT2D eigenvalue weighted by Crippen LogP contribution is -2.28. The molecule has 0 amide bonds. The van der Waals surface area contributed by atoms with Crippen molar-refractivity contribution in [1.82, 2.24) is 0 Å². The van der Waals surface area contributed by atoms with E-state index in [1.807, 2.05) is 0 Å². The third kappa shape index (κ3) is 11.5. The van der Waals surface area contributed by atoms with Crippen LogP contribution in [0.25, 0.3) is 0 Å². The van der Waals surface area contributed by atoms with Crippen LogP contribution in [0.1, 0.15) is 155 Å². The van der Waals surface area contributed by atoms with E-state index in [-0.39, 0.29) is 0 Å². The molecule has 2 rings (SSSR count). The van der Waals surface area contributed by atoms with Crippen molar-refractivity contribution in [2.24, 2.45) is 17.8 Å². The Hall–Kier alpha value is -0.0400. The molecule has 0 aromatic rings. The predicted octanol–water partition coefficient (Wildman–Crippen LogP) is 9.87. The van der Waals surface area contributed by atoms with Crippen molar-refractivity contribution < 1.29 is 4.74 Å². The molecule has 1 nitrogen and oxygen atoms in total. The van der Waals surface area contributed by atoms with Crippen molar-refractivity contribution in [3.05, 3.63) is 0 Å². The van der Waals surface area contributed by atoms with Gasteiger partial charge in [0.05, 0.1) is 6.10 Å². The van der Waals surface area contributed by atoms with Crippen molar-refractivity contribution in [2.45, 2.75) is 161 Å². The highest BCUT2D eigenvalue weighted by Crippen LogP contribution is 2.41. The molecular formula is C29H56O. The molecule has 0 atom stereocenters. The molecule has 0 aromatic carbocycles. The number of rotatable bonds is 17. The van der Waals surface area contributed by atoms with Gasteiger partial charge >= 0.3 is 0 Å². The lowest BCUT2D eigenvalue weighted by atomic mass is 9.70. The first kappa shape index (κ1) is 26.2. The fourth-order valence-electron chi connectivity index (χ4n) is 6.20. The second kappa shape index (κ2) is 17.5. The Bertz CT molecular complexity index is 363. The molecule has 30 heavy (non-hydrogen) atoms. The van der Waals surface area contributed by atoms with Crippen LogP contribution in [0.4, 0.5) is 0 Å². The fourth-order valence-corrected chi connectivity index (χ4v) is 6.20. The summed E-state index contributed by atoms with van der Waals surface area (Å²) >= 11 is 0. The third-order valence-corrected chi connectivity index (χ3v) is 8.34. The molecule has 2 saturated carbocycles. The highest BCUT2D eigenvalue weighted by Gasteiger charge is 2.30. The minimum Gasteiger partial charge on any atom is -0.378 e. The lowest BCUT2D eigenvalue weighted by Gasteiger charge is -2.38. The molecule has 0 aliphatic heterocycles. The maximum Gasteiger partial charge on any atom is 0.0575 e. The average Bonchev–Trinajstić information content (AvgIpc) is 2.79. The van der Waals surface area contributed by atoms with Crippen LogP contribution in [-0.4, -0.2) is 12.7 Å². The topological polar surface area (TPSA) is 9.23 Å². The Labute approximate surface area is 190 Å². The van der Waals surface area contributed by atoms with E-state index in [0.29, 0.717) is 6.10 Å². The van der Waals surface area contributed by atoms with Crippen LogP contribution < -0.4 is 0 Å². The summed E-state index contributed by atoms with van der Waals surface area (Å²) in [6, 6.07) is 0. The van der Waals surface area contributed by atoms with E-state index in [4.69, 9.17) is 4.74 Å². The van der Waals surface area contributed by atoms with Gasteiger partial charge in [0.2, 0.25) is 0 Å². The van der Waals surface area contributed by atoms with Gasteiger partial charge in [-0.05, 0) is 62.7 Å². The second-order valence-electron chi connectivity index (χ2n) is 10.9. The molecule has 178 valence electrons. The Kier molecular flexibility index (Phi) is 15.3. The van der Waals surface area contributed by atoms with E-state index in [1.54, 1.807) is 0 Å². The molecule has 0 spiro atoms. The van der Waals surface area contributed by atoms with Crippen molar-refractivity contribution in [1.29, 1.82) is 0 Å². The zero-order valence-electron chi connectivity index (χ0n) is 21.0. The molecule has 2 aliphatic rings. The largest absolute Gasteiger partial charge is 0.378 e. The van der Waals surface area contributed by atoms with Gasteiger partial charge in [0.1, 0.15) is 0 Å². The lowest BCUT2D eigenvalue weighted by molar-refractivity contribution is 0.00527. The minimum absolute atomic E-state index is 0.589. The van der Waals surface area contributed by atoms with Crippen molar-refractivity contribution in [2.75, 3.05) is 6.61 Å². The van der Waals surface area contributed by atoms with Crippen LogP contribution in [-0.2, 0) is 4.74 Å². The van der Waals surface area contributed by atoms with Crippen molar-refractivity contribution in [3.63, 3.8) is 0 Å². The molecule has 2 fully saturated rings. The number of ether oxygens (including phenoxy) is 1. The summed E-state index contributed by atoms with van der Waals surface area (Å²) in [7, 11) is 0. The summed E-state index contributed by atoms with van der Waals surface area (Å²) in [6.45, 7) is 5.62. The van der Waals surface area contributed by atoms with E-state index in [9.17, 15) is 0 Å². The molecule has 0 N–H and O–H groups in total. The Morgan fingerprint density at radius 1 is 0.500 bits per heavy atom. The maximum absolute atomic E-state index is 6.21. The van der Waals surface area contributed by atoms with E-state index < -0.39 is 0 Å². The summed E-state index contributed by atoms with van der Waals surface area (Å²) < 4.78 is 6.21. The molecule has 0 heterocycles. The molecule has 0 bridgehead atoms. The first-order valence-corrected chi connectivity index (χ1v) is 14.4. The summed E-state index contributed by atoms with van der Waals surface area (Å²) in [5.41, 5.74) is 0. The summed E-state index contributed by atoms with van der Waals surface area (Å²) in [5, 5.41) is 0. The van der Waals surface area contributed by atoms with Gasteiger partial charge < -0.3 is 4.74 Å². The van der Waals surface area contributed by atoms with Crippen molar-refractivity contribution in [3.8, 4) is 0 Å². The first-order valence-electron chi connectivity index (χ1n) is 14.4. The third-order valence-electron chi connectivity index (χ3n) is 8.34. The van der Waals surface area contributed by atoms with Gasteiger partial charge in [-0.25, -0.2) is 0 Å². The molecular weight excluding hydrogens is 364 g/mol. The van der Waals surface area contributed by atoms with Crippen LogP contribution in [0.5, 0.6) is 0 Å². The predicted molar refractivity (Wildman–Crippen MR) is 133 cm³/mol. The van der Waals surface area contributed by atoms with E-state index in [1.165, 1.54) is 141 Å². The number of hydrogen-bond donors (Lipinski definition) is 0. The zero-order chi connectivity index (χ0) is 21.3. The van der Waals surface area contributed by atoms with Gasteiger partial charge in [0.15, 0.2) is 0 Å². The number of hydrogen-bond acceptors (Lipinski definition) is 1. The van der Waals surface area contributed by atoms with Crippen LogP contribution in [0.2, 0.25) is 0 Å². The monoisotopic (exact) mass is 420 g/mol. The van der Waals surface area contributed by atoms with Gasteiger partial charge in [0.25, 0.3) is 0 Å². The smallest absolute Gasteiger partial charge is 0.0575 e. The highest BCUT2D eigenvalue weighted by molar-refractivity contribution is 4.82. The average molecular weight is 421 g/mol. The van der Waals surface area contributed by atoms with Crippen LogP contribution in [0.15, 0.2) is 0 Å². The van der Waals surface area contributed by atoms with Gasteiger partial charge in [-0.1, -0.05) is 110 Å². The quantitative estimate of drug-likeness (QED) is 0.213. The standard InChI is InChI=1S/C29H56O/c1-3-5-7-9-10-11-12-14-16-26-17-19-27(20-18-26)28-21-23-29(24-22-28)30-25-15-13-8-6-4-2/h26-29H,3-25H2,1-2H3. The summed E-state index contributed by atoms with van der Waals surface area (Å²) in [5.74, 6) is 3.14. The van der Waals surface area contributed by atoms with Crippen LogP contribution in [0.3, 0.4) is 0 Å². The van der Waals surface area contributed by atoms with Gasteiger partial charge in [-0.15, -0.1) is 0 Å². The molecule has 0 aromatic heterocycles. The van der Waals surface area contributed by atoms with Crippen LogP contribution in [0, 0.1) is 17.8 Å². The van der Waals surface area contributed by atoms with E-state index >= 15 is 0 Å². The highest BCUT2D eigenvalue weighted by atomic mass is 16.5. The normalized spacial score (nSPS) is 27.4. The SMILES string of the molecule is CCCCCCCCCCC1CCC(C2CCC(OCCCCCCC)CC2)CC1. The van der Waals surface area contributed by atoms with E-state index in [0.717, 1.165) is 24.4 Å². The first-order chi connectivity index (χ1) is 14.8. The Balaban J connectivity index is 1.43. The fraction of sp³-hybridized carbons (Fsp3) is 1.00. The van der Waals surface area contributed by atoms with E-state index in [2.05, 4.69) is 13.8 Å². The molecule has 1 heteroatoms. The van der Waals surface area contributed by atoms with Gasteiger partial charge in [-0.2, -0.15) is 0 Å². The number of unbranched alkanes of at least 4 members (excludes halogenated alkanes) is 11. The Morgan fingerprint density at radius 2 is 0.967 bits per heavy atom. The summed E-state index contributed by atoms with van der Waals surface area (Å²) in [6.07, 6.45) is 32.4. The maximum atomic E-state index is 6.21.